The summed E-state index contributed by atoms with van der Waals surface area (Å²) >= 11 is 1.59. The molecule has 1 amide bonds. The molecule has 0 unspecified atom stereocenters. The number of sulfonamides is 1. The molecule has 1 aliphatic heterocycles. The van der Waals surface area contributed by atoms with Crippen molar-refractivity contribution in [2.45, 2.75) is 66.5 Å². The second-order valence-corrected chi connectivity index (χ2v) is 9.49. The summed E-state index contributed by atoms with van der Waals surface area (Å²) < 4.78 is 28.0. The van der Waals surface area contributed by atoms with Crippen molar-refractivity contribution in [1.82, 2.24) is 4.72 Å². The first kappa shape index (κ1) is 16.8. The van der Waals surface area contributed by atoms with E-state index in [1.54, 1.807) is 30.0 Å². The van der Waals surface area contributed by atoms with E-state index in [-0.39, 0.29) is 22.1 Å². The summed E-state index contributed by atoms with van der Waals surface area (Å²) in [6.45, 7) is 1.99. The lowest BCUT2D eigenvalue weighted by Crippen LogP contribution is -2.36. The van der Waals surface area contributed by atoms with Gasteiger partial charge in [-0.15, -0.1) is 11.8 Å². The number of rotatable bonds is 3. The van der Waals surface area contributed by atoms with Crippen molar-refractivity contribution in [2.75, 3.05) is 5.32 Å². The number of thioether (sulfide) groups is 1. The van der Waals surface area contributed by atoms with Crippen LogP contribution in [-0.2, 0) is 14.8 Å². The minimum atomic E-state index is -3.55. The monoisotopic (exact) mass is 354 g/mol. The Labute approximate surface area is 141 Å². The first-order chi connectivity index (χ1) is 10.9. The van der Waals surface area contributed by atoms with Crippen molar-refractivity contribution in [2.24, 2.45) is 0 Å². The molecule has 0 bridgehead atoms. The molecule has 1 fully saturated rings. The van der Waals surface area contributed by atoms with Crippen molar-refractivity contribution < 1.29 is 13.2 Å². The Kier molecular flexibility index (Phi) is 4.98. The third kappa shape index (κ3) is 4.08. The summed E-state index contributed by atoms with van der Waals surface area (Å²) in [6.07, 6.45) is 5.55. The molecule has 1 heterocycles. The number of carbonyl (C=O) groups excluding carboxylic acids is 1. The van der Waals surface area contributed by atoms with Gasteiger partial charge in [0.25, 0.3) is 0 Å². The normalized spacial score (nSPS) is 23.0. The fourth-order valence-corrected chi connectivity index (χ4v) is 5.49. The minimum Gasteiger partial charge on any atom is -0.325 e. The molecule has 0 saturated heterocycles. The highest BCUT2D eigenvalue weighted by molar-refractivity contribution is 8.00. The number of nitrogens with one attached hydrogen (secondary N) is 2. The zero-order valence-electron chi connectivity index (χ0n) is 13.2. The van der Waals surface area contributed by atoms with Gasteiger partial charge in [0.1, 0.15) is 0 Å². The Morgan fingerprint density at radius 3 is 2.70 bits per heavy atom. The third-order valence-electron chi connectivity index (χ3n) is 4.26. The second kappa shape index (κ2) is 6.83. The van der Waals surface area contributed by atoms with Crippen molar-refractivity contribution >= 4 is 33.4 Å². The van der Waals surface area contributed by atoms with E-state index in [1.807, 2.05) is 6.92 Å². The Morgan fingerprint density at radius 2 is 1.96 bits per heavy atom. The lowest BCUT2D eigenvalue weighted by atomic mass is 9.96. The molecule has 1 atom stereocenters. The van der Waals surface area contributed by atoms with Crippen LogP contribution in [0.2, 0.25) is 0 Å². The van der Waals surface area contributed by atoms with Gasteiger partial charge in [-0.05, 0) is 31.0 Å². The Bertz CT molecular complexity index is 697. The van der Waals surface area contributed by atoms with E-state index in [0.717, 1.165) is 30.6 Å². The number of carbonyl (C=O) groups is 1. The highest BCUT2D eigenvalue weighted by atomic mass is 32.2. The lowest BCUT2D eigenvalue weighted by Gasteiger charge is -2.22. The van der Waals surface area contributed by atoms with Gasteiger partial charge >= 0.3 is 0 Å². The van der Waals surface area contributed by atoms with Crippen LogP contribution >= 0.6 is 11.8 Å². The lowest BCUT2D eigenvalue weighted by molar-refractivity contribution is -0.116. The summed E-state index contributed by atoms with van der Waals surface area (Å²) in [5.41, 5.74) is 0.593. The molecule has 126 valence electrons. The van der Waals surface area contributed by atoms with E-state index < -0.39 is 10.0 Å². The predicted octanol–water partition coefficient (Wildman–Crippen LogP) is 3.12. The SMILES string of the molecule is C[C@@H]1CC(=O)Nc2cc(S(=O)(=O)NC3CCCCC3)ccc2S1. The van der Waals surface area contributed by atoms with Gasteiger partial charge in [0.15, 0.2) is 0 Å². The van der Waals surface area contributed by atoms with Crippen LogP contribution in [0.25, 0.3) is 0 Å². The largest absolute Gasteiger partial charge is 0.325 e. The Balaban J connectivity index is 1.84. The first-order valence-corrected chi connectivity index (χ1v) is 10.4. The van der Waals surface area contributed by atoms with Gasteiger partial charge in [-0.25, -0.2) is 13.1 Å². The fraction of sp³-hybridized carbons (Fsp3) is 0.562. The average molecular weight is 354 g/mol. The van der Waals surface area contributed by atoms with E-state index in [2.05, 4.69) is 10.0 Å². The molecular formula is C16H22N2O3S2. The van der Waals surface area contributed by atoms with Crippen LogP contribution in [0.15, 0.2) is 28.0 Å². The van der Waals surface area contributed by atoms with E-state index in [9.17, 15) is 13.2 Å². The number of fused-ring (bicyclic) bond motifs is 1. The molecule has 1 aliphatic carbocycles. The molecule has 1 aromatic rings. The predicted molar refractivity (Wildman–Crippen MR) is 92.2 cm³/mol. The van der Waals surface area contributed by atoms with Crippen molar-refractivity contribution in [3.8, 4) is 0 Å². The second-order valence-electron chi connectivity index (χ2n) is 6.29. The zero-order valence-corrected chi connectivity index (χ0v) is 14.8. The summed E-state index contributed by atoms with van der Waals surface area (Å²) in [4.78, 5) is 13.0. The summed E-state index contributed by atoms with van der Waals surface area (Å²) in [5.74, 6) is -0.0708. The molecule has 0 radical (unpaired) electrons. The molecule has 2 N–H and O–H groups in total. The maximum absolute atomic E-state index is 12.6. The molecule has 0 aromatic heterocycles. The van der Waals surface area contributed by atoms with Crippen LogP contribution in [0, 0.1) is 0 Å². The van der Waals surface area contributed by atoms with Crippen LogP contribution in [-0.4, -0.2) is 25.6 Å². The number of benzene rings is 1. The van der Waals surface area contributed by atoms with Gasteiger partial charge < -0.3 is 5.32 Å². The summed E-state index contributed by atoms with van der Waals surface area (Å²) in [5, 5.41) is 3.00. The molecule has 2 aliphatic rings. The summed E-state index contributed by atoms with van der Waals surface area (Å²) in [6, 6.07) is 5.01. The molecule has 1 saturated carbocycles. The summed E-state index contributed by atoms with van der Waals surface area (Å²) in [7, 11) is -3.55. The van der Waals surface area contributed by atoms with Gasteiger partial charge in [0.05, 0.1) is 10.6 Å². The molecule has 1 aromatic carbocycles. The first-order valence-electron chi connectivity index (χ1n) is 8.07. The van der Waals surface area contributed by atoms with Crippen molar-refractivity contribution in [3.05, 3.63) is 18.2 Å². The van der Waals surface area contributed by atoms with Gasteiger partial charge in [0, 0.05) is 22.6 Å². The van der Waals surface area contributed by atoms with Crippen LogP contribution in [0.3, 0.4) is 0 Å². The van der Waals surface area contributed by atoms with Crippen molar-refractivity contribution in [3.63, 3.8) is 0 Å². The number of hydrogen-bond donors (Lipinski definition) is 2. The van der Waals surface area contributed by atoms with Crippen LogP contribution < -0.4 is 10.0 Å². The van der Waals surface area contributed by atoms with Crippen LogP contribution in [0.4, 0.5) is 5.69 Å². The van der Waals surface area contributed by atoms with Gasteiger partial charge in [-0.1, -0.05) is 26.2 Å². The van der Waals surface area contributed by atoms with Crippen LogP contribution in [0.1, 0.15) is 45.4 Å². The minimum absolute atomic E-state index is 0.0246. The van der Waals surface area contributed by atoms with Gasteiger partial charge in [0.2, 0.25) is 15.9 Å². The smallest absolute Gasteiger partial charge is 0.240 e. The third-order valence-corrected chi connectivity index (χ3v) is 6.96. The van der Waals surface area contributed by atoms with Gasteiger partial charge in [-0.2, -0.15) is 0 Å². The highest BCUT2D eigenvalue weighted by Crippen LogP contribution is 2.36. The standard InChI is InChI=1S/C16H22N2O3S2/c1-11-9-16(19)17-14-10-13(7-8-15(14)22-11)23(20,21)18-12-5-3-2-4-6-12/h7-8,10-12,18H,2-6,9H2,1H3,(H,17,19)/t11-/m1/s1. The Morgan fingerprint density at radius 1 is 1.22 bits per heavy atom. The topological polar surface area (TPSA) is 75.3 Å². The van der Waals surface area contributed by atoms with Crippen LogP contribution in [0.5, 0.6) is 0 Å². The molecule has 5 nitrogen and oxygen atoms in total. The van der Waals surface area contributed by atoms with E-state index in [4.69, 9.17) is 0 Å². The van der Waals surface area contributed by atoms with Crippen molar-refractivity contribution in [1.29, 1.82) is 0 Å². The maximum atomic E-state index is 12.6. The molecular weight excluding hydrogens is 332 g/mol. The Hall–Kier alpha value is -1.05. The van der Waals surface area contributed by atoms with Gasteiger partial charge in [-0.3, -0.25) is 4.79 Å². The molecule has 7 heteroatoms. The van der Waals surface area contributed by atoms with E-state index >= 15 is 0 Å². The number of anilines is 1. The van der Waals surface area contributed by atoms with E-state index in [1.165, 1.54) is 6.42 Å². The number of amides is 1. The molecule has 23 heavy (non-hydrogen) atoms. The average Bonchev–Trinajstić information content (AvgIpc) is 2.63. The maximum Gasteiger partial charge on any atom is 0.240 e. The fourth-order valence-electron chi connectivity index (χ4n) is 3.11. The quantitative estimate of drug-likeness (QED) is 0.874. The molecule has 3 rings (SSSR count). The molecule has 0 spiro atoms. The highest BCUT2D eigenvalue weighted by Gasteiger charge is 2.24. The van der Waals surface area contributed by atoms with E-state index in [0.29, 0.717) is 12.1 Å². The zero-order chi connectivity index (χ0) is 16.4. The number of hydrogen-bond acceptors (Lipinski definition) is 4.